The van der Waals surface area contributed by atoms with Crippen molar-refractivity contribution in [1.29, 1.82) is 0 Å². The van der Waals surface area contributed by atoms with E-state index in [2.05, 4.69) is 38.2 Å². The highest BCUT2D eigenvalue weighted by atomic mass is 31.2. The van der Waals surface area contributed by atoms with Crippen LogP contribution in [0.2, 0.25) is 0 Å². The molecule has 0 heterocycles. The number of hydrogen-bond donors (Lipinski definition) is 6. The summed E-state index contributed by atoms with van der Waals surface area (Å²) in [4.78, 5) is 35.5. The molecule has 0 amide bonds. The summed E-state index contributed by atoms with van der Waals surface area (Å²) in [5.41, 5.74) is 0. The van der Waals surface area contributed by atoms with Gasteiger partial charge in [0.1, 0.15) is 43.2 Å². The molecular formula is C40H73O13P. The Hall–Kier alpha value is -1.67. The molecule has 0 bridgehead atoms. The van der Waals surface area contributed by atoms with Crippen LogP contribution in [0.3, 0.4) is 0 Å². The molecule has 0 radical (unpaired) electrons. The van der Waals surface area contributed by atoms with E-state index in [1.54, 1.807) is 0 Å². The minimum absolute atomic E-state index is 0.0964. The van der Waals surface area contributed by atoms with Crippen LogP contribution in [0.4, 0.5) is 0 Å². The zero-order valence-electron chi connectivity index (χ0n) is 33.0. The van der Waals surface area contributed by atoms with Gasteiger partial charge in [-0.1, -0.05) is 134 Å². The third-order valence-electron chi connectivity index (χ3n) is 9.55. The summed E-state index contributed by atoms with van der Waals surface area (Å²) in [5.74, 6) is -1.12. The van der Waals surface area contributed by atoms with Gasteiger partial charge in [0.25, 0.3) is 0 Å². The number of carbonyl (C=O) groups excluding carboxylic acids is 2. The van der Waals surface area contributed by atoms with Gasteiger partial charge in [0.2, 0.25) is 0 Å². The van der Waals surface area contributed by atoms with Crippen LogP contribution in [0.15, 0.2) is 24.3 Å². The average Bonchev–Trinajstić information content (AvgIpc) is 3.15. The van der Waals surface area contributed by atoms with Crippen molar-refractivity contribution in [3.8, 4) is 0 Å². The van der Waals surface area contributed by atoms with E-state index < -0.39 is 75.7 Å². The number of phosphoric acid groups is 1. The summed E-state index contributed by atoms with van der Waals surface area (Å²) in [6, 6.07) is 0. The van der Waals surface area contributed by atoms with Crippen molar-refractivity contribution in [2.45, 2.75) is 204 Å². The maximum absolute atomic E-state index is 12.7. The number of phosphoric ester groups is 1. The number of aliphatic hydroxyl groups is 5. The van der Waals surface area contributed by atoms with E-state index in [9.17, 15) is 44.6 Å². The first kappa shape index (κ1) is 50.3. The molecule has 8 atom stereocenters. The normalized spacial score (nSPS) is 23.5. The second-order valence-corrected chi connectivity index (χ2v) is 15.9. The fourth-order valence-corrected chi connectivity index (χ4v) is 7.10. The monoisotopic (exact) mass is 792 g/mol. The van der Waals surface area contributed by atoms with E-state index >= 15 is 0 Å². The third kappa shape index (κ3) is 24.1. The summed E-state index contributed by atoms with van der Waals surface area (Å²) in [6.07, 6.45) is 18.2. The van der Waals surface area contributed by atoms with Crippen molar-refractivity contribution >= 4 is 19.8 Å². The van der Waals surface area contributed by atoms with Crippen molar-refractivity contribution in [3.05, 3.63) is 24.3 Å². The standard InChI is InChI=1S/C40H73O13P/c1-3-5-7-9-11-13-15-16-17-19-20-22-24-26-28-33(41)50-30-32(52-34(42)29-27-25-23-21-18-14-12-10-8-6-4-2)31-51-54(48,49)53-40-38(46)36(44)35(43)37(45)39(40)47/h9,11,15-16,32,35-40,43-47H,3-8,10,12-14,17-31H2,1-2H3,(H,48,49)/b11-9-,16-15-/t32-,35?,36-,37?,38?,39?,40?/m1/s1. The molecule has 14 heteroatoms. The highest BCUT2D eigenvalue weighted by Gasteiger charge is 2.51. The van der Waals surface area contributed by atoms with Gasteiger partial charge >= 0.3 is 19.8 Å². The lowest BCUT2D eigenvalue weighted by molar-refractivity contribution is -0.220. The quantitative estimate of drug-likeness (QED) is 0.0173. The fourth-order valence-electron chi connectivity index (χ4n) is 6.13. The molecule has 0 aromatic heterocycles. The first-order valence-electron chi connectivity index (χ1n) is 20.6. The molecule has 0 spiro atoms. The second kappa shape index (κ2) is 31.4. The van der Waals surface area contributed by atoms with Crippen LogP contribution in [0.1, 0.15) is 162 Å². The number of carbonyl (C=O) groups is 2. The molecule has 316 valence electrons. The summed E-state index contributed by atoms with van der Waals surface area (Å²) in [7, 11) is -5.11. The highest BCUT2D eigenvalue weighted by Crippen LogP contribution is 2.47. The lowest BCUT2D eigenvalue weighted by atomic mass is 9.85. The number of unbranched alkanes of at least 4 members (excludes halogenated alkanes) is 17. The van der Waals surface area contributed by atoms with Crippen molar-refractivity contribution < 1.29 is 63.1 Å². The number of hydrogen-bond acceptors (Lipinski definition) is 12. The molecule has 0 aliphatic heterocycles. The van der Waals surface area contributed by atoms with Crippen LogP contribution in [-0.2, 0) is 32.7 Å². The van der Waals surface area contributed by atoms with Gasteiger partial charge in [-0.3, -0.25) is 18.6 Å². The number of ether oxygens (including phenoxy) is 2. The Morgan fingerprint density at radius 1 is 0.574 bits per heavy atom. The zero-order chi connectivity index (χ0) is 40.0. The number of aliphatic hydroxyl groups excluding tert-OH is 5. The average molecular weight is 793 g/mol. The molecule has 0 saturated heterocycles. The Morgan fingerprint density at radius 2 is 1.02 bits per heavy atom. The maximum atomic E-state index is 12.7. The van der Waals surface area contributed by atoms with Gasteiger partial charge in [-0.05, 0) is 38.5 Å². The smallest absolute Gasteiger partial charge is 0.462 e. The molecule has 0 aromatic carbocycles. The summed E-state index contributed by atoms with van der Waals surface area (Å²) in [5, 5.41) is 50.0. The van der Waals surface area contributed by atoms with E-state index in [1.807, 2.05) is 0 Å². The minimum Gasteiger partial charge on any atom is -0.462 e. The lowest BCUT2D eigenvalue weighted by Crippen LogP contribution is -2.64. The minimum atomic E-state index is -5.11. The van der Waals surface area contributed by atoms with Crippen LogP contribution in [-0.4, -0.2) is 98.3 Å². The van der Waals surface area contributed by atoms with Gasteiger partial charge in [-0.2, -0.15) is 0 Å². The lowest BCUT2D eigenvalue weighted by Gasteiger charge is -2.41. The summed E-state index contributed by atoms with van der Waals surface area (Å²) in [6.45, 7) is 3.21. The molecule has 6 N–H and O–H groups in total. The van der Waals surface area contributed by atoms with E-state index in [0.29, 0.717) is 12.8 Å². The largest absolute Gasteiger partial charge is 0.472 e. The van der Waals surface area contributed by atoms with Crippen LogP contribution in [0.5, 0.6) is 0 Å². The Morgan fingerprint density at radius 3 is 1.56 bits per heavy atom. The Kier molecular flexibility index (Phi) is 29.3. The van der Waals surface area contributed by atoms with Crippen molar-refractivity contribution in [1.82, 2.24) is 0 Å². The molecule has 13 nitrogen and oxygen atoms in total. The van der Waals surface area contributed by atoms with Crippen LogP contribution in [0, 0.1) is 0 Å². The Balaban J connectivity index is 2.52. The van der Waals surface area contributed by atoms with Crippen LogP contribution >= 0.6 is 7.82 Å². The molecular weight excluding hydrogens is 719 g/mol. The molecule has 0 aromatic rings. The Bertz CT molecular complexity index is 1050. The highest BCUT2D eigenvalue weighted by molar-refractivity contribution is 7.47. The van der Waals surface area contributed by atoms with E-state index in [0.717, 1.165) is 70.6 Å². The number of rotatable bonds is 33. The maximum Gasteiger partial charge on any atom is 0.472 e. The van der Waals surface area contributed by atoms with Crippen molar-refractivity contribution in [2.75, 3.05) is 13.2 Å². The van der Waals surface area contributed by atoms with Gasteiger partial charge in [0, 0.05) is 12.8 Å². The van der Waals surface area contributed by atoms with Crippen molar-refractivity contribution in [2.24, 2.45) is 0 Å². The van der Waals surface area contributed by atoms with Crippen molar-refractivity contribution in [3.63, 3.8) is 0 Å². The molecule has 1 fully saturated rings. The third-order valence-corrected chi connectivity index (χ3v) is 10.5. The molecule has 54 heavy (non-hydrogen) atoms. The van der Waals surface area contributed by atoms with E-state index in [4.69, 9.17) is 18.5 Å². The van der Waals surface area contributed by atoms with Gasteiger partial charge in [-0.15, -0.1) is 0 Å². The molecule has 1 saturated carbocycles. The molecule has 1 aliphatic carbocycles. The van der Waals surface area contributed by atoms with Gasteiger partial charge < -0.3 is 39.9 Å². The topological polar surface area (TPSA) is 210 Å². The predicted molar refractivity (Wildman–Crippen MR) is 207 cm³/mol. The first-order chi connectivity index (χ1) is 25.9. The summed E-state index contributed by atoms with van der Waals surface area (Å²) >= 11 is 0. The van der Waals surface area contributed by atoms with E-state index in [1.165, 1.54) is 51.4 Å². The predicted octanol–water partition coefficient (Wildman–Crippen LogP) is 6.89. The number of allylic oxidation sites excluding steroid dienone is 4. The molecule has 1 aliphatic rings. The van der Waals surface area contributed by atoms with Crippen LogP contribution in [0.25, 0.3) is 0 Å². The fraction of sp³-hybridized carbons (Fsp3) is 0.850. The number of esters is 2. The molecule has 6 unspecified atom stereocenters. The SMILES string of the molecule is CCCC/C=C\C/C=C\CCCCCCCC(=O)OC[C@H](COP(=O)(O)OC1C(O)C(O)C(O)[C@@H](O)C1O)OC(=O)CCCCCCCCCCCCC. The summed E-state index contributed by atoms with van der Waals surface area (Å²) < 4.78 is 33.4. The Labute approximate surface area is 324 Å². The van der Waals surface area contributed by atoms with Gasteiger partial charge in [0.05, 0.1) is 6.61 Å². The zero-order valence-corrected chi connectivity index (χ0v) is 33.9. The first-order valence-corrected chi connectivity index (χ1v) is 22.1. The van der Waals surface area contributed by atoms with E-state index in [-0.39, 0.29) is 12.8 Å². The second-order valence-electron chi connectivity index (χ2n) is 14.5. The van der Waals surface area contributed by atoms with Gasteiger partial charge in [0.15, 0.2) is 6.10 Å². The van der Waals surface area contributed by atoms with Crippen LogP contribution < -0.4 is 0 Å². The van der Waals surface area contributed by atoms with Gasteiger partial charge in [-0.25, -0.2) is 4.57 Å². The molecule has 1 rings (SSSR count).